The van der Waals surface area contributed by atoms with E-state index in [4.69, 9.17) is 9.26 Å². The number of anilines is 1. The lowest BCUT2D eigenvalue weighted by atomic mass is 10.1. The van der Waals surface area contributed by atoms with Gasteiger partial charge in [0.15, 0.2) is 0 Å². The second-order valence-corrected chi connectivity index (χ2v) is 6.13. The van der Waals surface area contributed by atoms with Crippen molar-refractivity contribution in [1.82, 2.24) is 10.1 Å². The van der Waals surface area contributed by atoms with Gasteiger partial charge in [0.2, 0.25) is 5.91 Å². The van der Waals surface area contributed by atoms with Crippen molar-refractivity contribution in [3.63, 3.8) is 0 Å². The average molecular weight is 351 g/mol. The monoisotopic (exact) mass is 351 g/mol. The minimum Gasteiger partial charge on any atom is -0.489 e. The zero-order valence-corrected chi connectivity index (χ0v) is 15.1. The number of aryl methyl sites for hydroxylation is 3. The van der Waals surface area contributed by atoms with Gasteiger partial charge in [0.05, 0.1) is 17.7 Å². The molecule has 0 aliphatic heterocycles. The topological polar surface area (TPSA) is 77.2 Å². The fraction of sp³-hybridized carbons (Fsp3) is 0.250. The Morgan fingerprint density at radius 3 is 2.58 bits per heavy atom. The van der Waals surface area contributed by atoms with Gasteiger partial charge in [-0.1, -0.05) is 23.4 Å². The molecule has 0 radical (unpaired) electrons. The number of rotatable bonds is 6. The minimum atomic E-state index is -0.101. The number of pyridine rings is 1. The van der Waals surface area contributed by atoms with Crippen LogP contribution in [0.1, 0.15) is 28.1 Å². The van der Waals surface area contributed by atoms with Crippen LogP contribution in [0.15, 0.2) is 47.1 Å². The summed E-state index contributed by atoms with van der Waals surface area (Å²) in [5.41, 5.74) is 3.63. The molecule has 0 unspecified atom stereocenters. The predicted molar refractivity (Wildman–Crippen MR) is 98.1 cm³/mol. The molecular formula is C20H21N3O3. The Hall–Kier alpha value is -3.15. The Labute approximate surface area is 152 Å². The molecule has 6 heteroatoms. The third kappa shape index (κ3) is 4.27. The largest absolute Gasteiger partial charge is 0.489 e. The van der Waals surface area contributed by atoms with Crippen LogP contribution in [-0.4, -0.2) is 16.0 Å². The molecule has 6 nitrogen and oxygen atoms in total. The smallest absolute Gasteiger partial charge is 0.229 e. The number of amides is 1. The molecule has 0 bridgehead atoms. The van der Waals surface area contributed by atoms with Gasteiger partial charge in [-0.3, -0.25) is 4.79 Å². The first-order valence-electron chi connectivity index (χ1n) is 8.38. The van der Waals surface area contributed by atoms with Gasteiger partial charge in [0.1, 0.15) is 23.9 Å². The van der Waals surface area contributed by atoms with Crippen molar-refractivity contribution >= 4 is 11.7 Å². The standard InChI is InChI=1S/C20H21N3O3/c1-13-5-4-10-21-20(13)22-19(24)11-16-6-8-17(9-7-16)25-12-18-14(2)23-26-15(18)3/h4-10H,11-12H2,1-3H3,(H,21,22,24). The minimum absolute atomic E-state index is 0.101. The lowest BCUT2D eigenvalue weighted by molar-refractivity contribution is -0.115. The fourth-order valence-corrected chi connectivity index (χ4v) is 2.55. The summed E-state index contributed by atoms with van der Waals surface area (Å²) in [4.78, 5) is 16.3. The Morgan fingerprint density at radius 2 is 1.92 bits per heavy atom. The number of hydrogen-bond acceptors (Lipinski definition) is 5. The molecule has 0 saturated heterocycles. The molecule has 0 saturated carbocycles. The van der Waals surface area contributed by atoms with Crippen molar-refractivity contribution in [2.75, 3.05) is 5.32 Å². The second kappa shape index (κ2) is 7.82. The first kappa shape index (κ1) is 17.7. The summed E-state index contributed by atoms with van der Waals surface area (Å²) in [6, 6.07) is 11.2. The van der Waals surface area contributed by atoms with Gasteiger partial charge in [-0.2, -0.15) is 0 Å². The molecule has 2 aromatic heterocycles. The van der Waals surface area contributed by atoms with Gasteiger partial charge in [0.25, 0.3) is 0 Å². The molecule has 2 heterocycles. The maximum atomic E-state index is 12.2. The van der Waals surface area contributed by atoms with E-state index in [0.29, 0.717) is 12.4 Å². The summed E-state index contributed by atoms with van der Waals surface area (Å²) in [5.74, 6) is 1.99. The summed E-state index contributed by atoms with van der Waals surface area (Å²) in [6.07, 6.45) is 1.94. The predicted octanol–water partition coefficient (Wildman–Crippen LogP) is 3.76. The number of carbonyl (C=O) groups excluding carboxylic acids is 1. The molecule has 0 atom stereocenters. The highest BCUT2D eigenvalue weighted by molar-refractivity contribution is 5.91. The van der Waals surface area contributed by atoms with E-state index < -0.39 is 0 Å². The molecule has 0 aliphatic carbocycles. The van der Waals surface area contributed by atoms with E-state index in [1.165, 1.54) is 0 Å². The van der Waals surface area contributed by atoms with Crippen molar-refractivity contribution < 1.29 is 14.1 Å². The lowest BCUT2D eigenvalue weighted by Crippen LogP contribution is -2.16. The Kier molecular flexibility index (Phi) is 5.31. The number of carbonyl (C=O) groups is 1. The second-order valence-electron chi connectivity index (χ2n) is 6.13. The fourth-order valence-electron chi connectivity index (χ4n) is 2.55. The zero-order valence-electron chi connectivity index (χ0n) is 15.1. The molecule has 0 fully saturated rings. The van der Waals surface area contributed by atoms with Gasteiger partial charge in [-0.05, 0) is 50.1 Å². The summed E-state index contributed by atoms with van der Waals surface area (Å²) in [6.45, 7) is 6.07. The lowest BCUT2D eigenvalue weighted by Gasteiger charge is -2.08. The molecule has 0 aliphatic rings. The summed E-state index contributed by atoms with van der Waals surface area (Å²) < 4.78 is 10.9. The van der Waals surface area contributed by atoms with Crippen molar-refractivity contribution in [3.8, 4) is 5.75 Å². The van der Waals surface area contributed by atoms with Crippen molar-refractivity contribution in [2.45, 2.75) is 33.8 Å². The quantitative estimate of drug-likeness (QED) is 0.732. The zero-order chi connectivity index (χ0) is 18.5. The van der Waals surface area contributed by atoms with Crippen LogP contribution >= 0.6 is 0 Å². The van der Waals surface area contributed by atoms with Gasteiger partial charge >= 0.3 is 0 Å². The van der Waals surface area contributed by atoms with E-state index in [1.54, 1.807) is 6.20 Å². The molecular weight excluding hydrogens is 330 g/mol. The summed E-state index contributed by atoms with van der Waals surface area (Å²) in [7, 11) is 0. The van der Waals surface area contributed by atoms with Gasteiger partial charge in [-0.15, -0.1) is 0 Å². The number of hydrogen-bond donors (Lipinski definition) is 1. The summed E-state index contributed by atoms with van der Waals surface area (Å²) >= 11 is 0. The first-order valence-corrected chi connectivity index (χ1v) is 8.38. The Bertz CT molecular complexity index is 881. The number of benzene rings is 1. The third-order valence-corrected chi connectivity index (χ3v) is 4.12. The van der Waals surface area contributed by atoms with Crippen LogP contribution in [0.4, 0.5) is 5.82 Å². The molecule has 26 heavy (non-hydrogen) atoms. The molecule has 0 spiro atoms. The highest BCUT2D eigenvalue weighted by Gasteiger charge is 2.10. The average Bonchev–Trinajstić information content (AvgIpc) is 2.94. The van der Waals surface area contributed by atoms with E-state index in [2.05, 4.69) is 15.5 Å². The Balaban J connectivity index is 1.56. The van der Waals surface area contributed by atoms with Gasteiger partial charge < -0.3 is 14.6 Å². The SMILES string of the molecule is Cc1cccnc1NC(=O)Cc1ccc(OCc2c(C)noc2C)cc1. The number of ether oxygens (including phenoxy) is 1. The number of aromatic nitrogens is 2. The maximum absolute atomic E-state index is 12.2. The van der Waals surface area contributed by atoms with Crippen LogP contribution in [0.5, 0.6) is 5.75 Å². The van der Waals surface area contributed by atoms with E-state index in [-0.39, 0.29) is 12.3 Å². The first-order chi connectivity index (χ1) is 12.5. The Morgan fingerprint density at radius 1 is 1.15 bits per heavy atom. The number of nitrogens with zero attached hydrogens (tertiary/aromatic N) is 2. The van der Waals surface area contributed by atoms with Crippen LogP contribution in [-0.2, 0) is 17.8 Å². The molecule has 3 aromatic rings. The van der Waals surface area contributed by atoms with Crippen molar-refractivity contribution in [1.29, 1.82) is 0 Å². The normalized spacial score (nSPS) is 10.6. The van der Waals surface area contributed by atoms with Crippen LogP contribution < -0.4 is 10.1 Å². The third-order valence-electron chi connectivity index (χ3n) is 4.12. The highest BCUT2D eigenvalue weighted by Crippen LogP contribution is 2.18. The summed E-state index contributed by atoms with van der Waals surface area (Å²) in [5, 5.41) is 6.74. The van der Waals surface area contributed by atoms with E-state index >= 15 is 0 Å². The molecule has 3 rings (SSSR count). The van der Waals surface area contributed by atoms with Gasteiger partial charge in [-0.25, -0.2) is 4.98 Å². The van der Waals surface area contributed by atoms with Crippen LogP contribution in [0, 0.1) is 20.8 Å². The number of nitrogens with one attached hydrogen (secondary N) is 1. The van der Waals surface area contributed by atoms with Gasteiger partial charge in [0, 0.05) is 6.20 Å². The van der Waals surface area contributed by atoms with Crippen LogP contribution in [0.3, 0.4) is 0 Å². The van der Waals surface area contributed by atoms with Crippen molar-refractivity contribution in [2.24, 2.45) is 0 Å². The maximum Gasteiger partial charge on any atom is 0.229 e. The van der Waals surface area contributed by atoms with E-state index in [0.717, 1.165) is 33.9 Å². The highest BCUT2D eigenvalue weighted by atomic mass is 16.5. The van der Waals surface area contributed by atoms with Crippen molar-refractivity contribution in [3.05, 3.63) is 70.7 Å². The van der Waals surface area contributed by atoms with Crippen LogP contribution in [0.25, 0.3) is 0 Å². The molecule has 134 valence electrons. The molecule has 1 aromatic carbocycles. The molecule has 1 amide bonds. The molecule has 1 N–H and O–H groups in total. The van der Waals surface area contributed by atoms with Crippen LogP contribution in [0.2, 0.25) is 0 Å². The van der Waals surface area contributed by atoms with E-state index in [9.17, 15) is 4.79 Å². The van der Waals surface area contributed by atoms with E-state index in [1.807, 2.05) is 57.2 Å².